The first-order valence-corrected chi connectivity index (χ1v) is 4.52. The minimum absolute atomic E-state index is 0.00550. The van der Waals surface area contributed by atoms with Crippen molar-refractivity contribution in [3.05, 3.63) is 35.8 Å². The molecule has 7 heteroatoms. The third kappa shape index (κ3) is 2.14. The fourth-order valence-electron chi connectivity index (χ4n) is 1.12. The van der Waals surface area contributed by atoms with Crippen LogP contribution in [0.15, 0.2) is 29.2 Å². The van der Waals surface area contributed by atoms with Crippen LogP contribution in [0, 0.1) is 0 Å². The van der Waals surface area contributed by atoms with E-state index in [1.807, 2.05) is 0 Å². The zero-order valence-corrected chi connectivity index (χ0v) is 8.25. The number of nitrogens with zero attached hydrogens (tertiary/aromatic N) is 3. The minimum Gasteiger partial charge on any atom is -0.379 e. The molecule has 3 N–H and O–H groups in total. The lowest BCUT2D eigenvalue weighted by molar-refractivity contribution is 0.0941. The molecule has 0 aliphatic rings. The van der Waals surface area contributed by atoms with Crippen molar-refractivity contribution in [3.63, 3.8) is 0 Å². The molecule has 0 aliphatic heterocycles. The lowest BCUT2D eigenvalue weighted by atomic mass is 10.2. The Labute approximate surface area is 90.6 Å². The van der Waals surface area contributed by atoms with Crippen LogP contribution in [0.1, 0.15) is 16.1 Å². The molecule has 0 radical (unpaired) electrons. The Kier molecular flexibility index (Phi) is 2.77. The first-order chi connectivity index (χ1) is 7.77. The molecule has 0 unspecified atom stereocenters. The van der Waals surface area contributed by atoms with Gasteiger partial charge in [-0.25, -0.2) is 4.63 Å². The van der Waals surface area contributed by atoms with Gasteiger partial charge < -0.3 is 11.1 Å². The molecule has 0 spiro atoms. The molecule has 0 saturated carbocycles. The molecule has 2 aromatic heterocycles. The third-order valence-electron chi connectivity index (χ3n) is 1.93. The Morgan fingerprint density at radius 3 is 2.75 bits per heavy atom. The fraction of sp³-hybridized carbons (Fsp3) is 0.111. The molecule has 0 atom stereocenters. The van der Waals surface area contributed by atoms with E-state index in [2.05, 4.69) is 25.2 Å². The average molecular weight is 219 g/mol. The summed E-state index contributed by atoms with van der Waals surface area (Å²) in [6.07, 6.45) is 3.29. The van der Waals surface area contributed by atoms with Gasteiger partial charge in [0, 0.05) is 18.9 Å². The molecule has 2 rings (SSSR count). The van der Waals surface area contributed by atoms with E-state index in [4.69, 9.17) is 5.73 Å². The van der Waals surface area contributed by atoms with E-state index in [0.29, 0.717) is 6.54 Å². The second kappa shape index (κ2) is 4.39. The van der Waals surface area contributed by atoms with Gasteiger partial charge in [-0.2, -0.15) is 0 Å². The van der Waals surface area contributed by atoms with Gasteiger partial charge in [0.1, 0.15) is 0 Å². The van der Waals surface area contributed by atoms with Crippen molar-refractivity contribution in [2.45, 2.75) is 6.54 Å². The van der Waals surface area contributed by atoms with Crippen LogP contribution >= 0.6 is 0 Å². The van der Waals surface area contributed by atoms with Gasteiger partial charge in [-0.1, -0.05) is 0 Å². The number of pyridine rings is 1. The van der Waals surface area contributed by atoms with Crippen LogP contribution in [-0.2, 0) is 6.54 Å². The summed E-state index contributed by atoms with van der Waals surface area (Å²) < 4.78 is 4.32. The first kappa shape index (κ1) is 10.1. The van der Waals surface area contributed by atoms with Crippen molar-refractivity contribution < 1.29 is 9.42 Å². The van der Waals surface area contributed by atoms with Gasteiger partial charge in [-0.05, 0) is 28.0 Å². The van der Waals surface area contributed by atoms with Crippen LogP contribution in [0.4, 0.5) is 5.82 Å². The van der Waals surface area contributed by atoms with Crippen molar-refractivity contribution in [3.8, 4) is 0 Å². The highest BCUT2D eigenvalue weighted by Gasteiger charge is 2.14. The second-order valence-electron chi connectivity index (χ2n) is 3.04. The molecule has 0 bridgehead atoms. The Morgan fingerprint density at radius 1 is 1.38 bits per heavy atom. The molecule has 0 aromatic carbocycles. The molecule has 0 fully saturated rings. The van der Waals surface area contributed by atoms with Crippen LogP contribution in [-0.4, -0.2) is 21.2 Å². The number of carbonyl (C=O) groups excluding carboxylic acids is 1. The maximum Gasteiger partial charge on any atom is 0.277 e. The molecule has 2 heterocycles. The van der Waals surface area contributed by atoms with Gasteiger partial charge in [0.25, 0.3) is 5.91 Å². The van der Waals surface area contributed by atoms with Crippen molar-refractivity contribution in [2.75, 3.05) is 5.73 Å². The Bertz CT molecular complexity index is 482. The van der Waals surface area contributed by atoms with Crippen molar-refractivity contribution in [1.29, 1.82) is 0 Å². The topological polar surface area (TPSA) is 107 Å². The quantitative estimate of drug-likeness (QED) is 0.751. The van der Waals surface area contributed by atoms with E-state index in [-0.39, 0.29) is 11.5 Å². The van der Waals surface area contributed by atoms with Crippen LogP contribution in [0.25, 0.3) is 0 Å². The number of hydrogen-bond acceptors (Lipinski definition) is 6. The maximum absolute atomic E-state index is 11.5. The molecule has 7 nitrogen and oxygen atoms in total. The van der Waals surface area contributed by atoms with E-state index in [0.717, 1.165) is 5.56 Å². The summed E-state index contributed by atoms with van der Waals surface area (Å²) in [5.74, 6) is -0.442. The molecule has 16 heavy (non-hydrogen) atoms. The summed E-state index contributed by atoms with van der Waals surface area (Å²) in [5.41, 5.74) is 6.30. The number of nitrogens with one attached hydrogen (secondary N) is 1. The molecule has 82 valence electrons. The van der Waals surface area contributed by atoms with Crippen molar-refractivity contribution in [1.82, 2.24) is 20.6 Å². The van der Waals surface area contributed by atoms with E-state index in [9.17, 15) is 4.79 Å². The molecule has 1 amide bonds. The van der Waals surface area contributed by atoms with E-state index < -0.39 is 5.91 Å². The summed E-state index contributed by atoms with van der Waals surface area (Å²) in [5, 5.41) is 9.34. The number of aromatic nitrogens is 3. The number of rotatable bonds is 3. The minimum atomic E-state index is -0.421. The number of carbonyl (C=O) groups is 1. The largest absolute Gasteiger partial charge is 0.379 e. The predicted molar refractivity (Wildman–Crippen MR) is 54.1 cm³/mol. The predicted octanol–water partition coefficient (Wildman–Crippen LogP) is -0.0232. The van der Waals surface area contributed by atoms with Gasteiger partial charge in [0.05, 0.1) is 0 Å². The normalized spacial score (nSPS) is 10.0. The second-order valence-corrected chi connectivity index (χ2v) is 3.04. The number of anilines is 1. The average Bonchev–Trinajstić information content (AvgIpc) is 2.74. The van der Waals surface area contributed by atoms with Crippen LogP contribution in [0.5, 0.6) is 0 Å². The van der Waals surface area contributed by atoms with Crippen LogP contribution < -0.4 is 11.1 Å². The summed E-state index contributed by atoms with van der Waals surface area (Å²) in [4.78, 5) is 15.4. The standard InChI is InChI=1S/C9H9N5O2/c10-8-7(13-16-14-8)9(15)12-5-6-1-3-11-4-2-6/h1-4H,5H2,(H2,10,14)(H,12,15). The summed E-state index contributed by atoms with van der Waals surface area (Å²) in [7, 11) is 0. The molecule has 2 aromatic rings. The third-order valence-corrected chi connectivity index (χ3v) is 1.93. The maximum atomic E-state index is 11.5. The van der Waals surface area contributed by atoms with E-state index in [1.54, 1.807) is 24.5 Å². The number of amides is 1. The lowest BCUT2D eigenvalue weighted by Gasteiger charge is -2.02. The Balaban J connectivity index is 1.97. The van der Waals surface area contributed by atoms with Gasteiger partial charge in [-0.15, -0.1) is 0 Å². The summed E-state index contributed by atoms with van der Waals surface area (Å²) in [6.45, 7) is 0.369. The molecule has 0 saturated heterocycles. The monoisotopic (exact) mass is 219 g/mol. The number of nitrogens with two attached hydrogens (primary N) is 1. The highest BCUT2D eigenvalue weighted by atomic mass is 16.6. The van der Waals surface area contributed by atoms with Gasteiger partial charge >= 0.3 is 0 Å². The molecule has 0 aliphatic carbocycles. The SMILES string of the molecule is Nc1nonc1C(=O)NCc1ccncc1. The number of nitrogen functional groups attached to an aromatic ring is 1. The molecular formula is C9H9N5O2. The number of hydrogen-bond donors (Lipinski definition) is 2. The molecular weight excluding hydrogens is 210 g/mol. The van der Waals surface area contributed by atoms with Gasteiger partial charge in [0.15, 0.2) is 0 Å². The summed E-state index contributed by atoms with van der Waals surface area (Å²) >= 11 is 0. The Morgan fingerprint density at radius 2 is 2.12 bits per heavy atom. The Hall–Kier alpha value is -2.44. The highest BCUT2D eigenvalue weighted by molar-refractivity contribution is 5.95. The van der Waals surface area contributed by atoms with Crippen molar-refractivity contribution in [2.24, 2.45) is 0 Å². The fourth-order valence-corrected chi connectivity index (χ4v) is 1.12. The van der Waals surface area contributed by atoms with Crippen LogP contribution in [0.3, 0.4) is 0 Å². The lowest BCUT2D eigenvalue weighted by Crippen LogP contribution is -2.24. The zero-order valence-electron chi connectivity index (χ0n) is 8.25. The smallest absolute Gasteiger partial charge is 0.277 e. The highest BCUT2D eigenvalue weighted by Crippen LogP contribution is 2.04. The first-order valence-electron chi connectivity index (χ1n) is 4.52. The zero-order chi connectivity index (χ0) is 11.4. The van der Waals surface area contributed by atoms with Crippen LogP contribution in [0.2, 0.25) is 0 Å². The van der Waals surface area contributed by atoms with Gasteiger partial charge in [-0.3, -0.25) is 9.78 Å². The van der Waals surface area contributed by atoms with E-state index >= 15 is 0 Å². The summed E-state index contributed by atoms with van der Waals surface area (Å²) in [6, 6.07) is 3.59. The van der Waals surface area contributed by atoms with E-state index in [1.165, 1.54) is 0 Å². The van der Waals surface area contributed by atoms with Crippen molar-refractivity contribution >= 4 is 11.7 Å². The van der Waals surface area contributed by atoms with Gasteiger partial charge in [0.2, 0.25) is 11.5 Å².